The number of rotatable bonds is 3. The Morgan fingerprint density at radius 2 is 2.38 bits per heavy atom. The van der Waals surface area contributed by atoms with Crippen LogP contribution in [0.3, 0.4) is 0 Å². The molecular weight excluding hydrogens is 204 g/mol. The molecule has 6 heteroatoms. The minimum Gasteiger partial charge on any atom is -0.378 e. The fraction of sp³-hybridized carbons (Fsp3) is 0.200. The van der Waals surface area contributed by atoms with Gasteiger partial charge in [-0.15, -0.1) is 10.2 Å². The summed E-state index contributed by atoms with van der Waals surface area (Å²) in [6.45, 7) is 0.489. The Hall–Kier alpha value is -2.42. The zero-order valence-electron chi connectivity index (χ0n) is 8.75. The van der Waals surface area contributed by atoms with Crippen molar-refractivity contribution in [1.29, 1.82) is 5.26 Å². The van der Waals surface area contributed by atoms with Crippen LogP contribution in [0.4, 0.5) is 5.69 Å². The number of benzene rings is 1. The van der Waals surface area contributed by atoms with E-state index >= 15 is 0 Å². The molecule has 0 saturated heterocycles. The summed E-state index contributed by atoms with van der Waals surface area (Å²) in [7, 11) is 1.72. The molecule has 0 spiro atoms. The lowest BCUT2D eigenvalue weighted by molar-refractivity contribution is 0.628. The highest BCUT2D eigenvalue weighted by atomic mass is 15.6. The number of hydrogen-bond donors (Lipinski definition) is 1. The molecule has 0 atom stereocenters. The van der Waals surface area contributed by atoms with Crippen molar-refractivity contribution in [1.82, 2.24) is 20.2 Å². The van der Waals surface area contributed by atoms with E-state index in [1.54, 1.807) is 19.2 Å². The van der Waals surface area contributed by atoms with Crippen LogP contribution in [0.15, 0.2) is 24.3 Å². The predicted octanol–water partition coefficient (Wildman–Crippen LogP) is 0.694. The van der Waals surface area contributed by atoms with Gasteiger partial charge in [-0.3, -0.25) is 0 Å². The molecular formula is C10H10N6. The predicted molar refractivity (Wildman–Crippen MR) is 57.3 cm³/mol. The Labute approximate surface area is 92.5 Å². The molecule has 0 radical (unpaired) electrons. The summed E-state index contributed by atoms with van der Waals surface area (Å²) in [4.78, 5) is 1.41. The molecule has 1 aromatic heterocycles. The lowest BCUT2D eigenvalue weighted by Crippen LogP contribution is -2.02. The van der Waals surface area contributed by atoms with Gasteiger partial charge in [0, 0.05) is 5.69 Å². The van der Waals surface area contributed by atoms with E-state index in [0.717, 1.165) is 5.69 Å². The number of aryl methyl sites for hydroxylation is 1. The monoisotopic (exact) mass is 214 g/mol. The minimum atomic E-state index is 0.489. The van der Waals surface area contributed by atoms with Gasteiger partial charge >= 0.3 is 0 Å². The third-order valence-electron chi connectivity index (χ3n) is 1.99. The Morgan fingerprint density at radius 1 is 1.50 bits per heavy atom. The molecule has 0 amide bonds. The summed E-state index contributed by atoms with van der Waals surface area (Å²) in [6, 6.07) is 9.32. The van der Waals surface area contributed by atoms with Crippen molar-refractivity contribution in [2.45, 2.75) is 6.54 Å². The normalized spacial score (nSPS) is 9.75. The fourth-order valence-electron chi connectivity index (χ4n) is 1.27. The maximum atomic E-state index is 8.73. The minimum absolute atomic E-state index is 0.489. The molecule has 80 valence electrons. The SMILES string of the molecule is Cn1nnc(CNc2cccc(C#N)c2)n1. The van der Waals surface area contributed by atoms with E-state index in [9.17, 15) is 0 Å². The maximum absolute atomic E-state index is 8.73. The number of nitrogens with one attached hydrogen (secondary N) is 1. The highest BCUT2D eigenvalue weighted by Crippen LogP contribution is 2.10. The molecule has 0 bridgehead atoms. The summed E-state index contributed by atoms with van der Waals surface area (Å²) in [6.07, 6.45) is 0. The number of nitriles is 1. The van der Waals surface area contributed by atoms with Crippen LogP contribution < -0.4 is 5.32 Å². The lowest BCUT2D eigenvalue weighted by Gasteiger charge is -2.02. The second-order valence-corrected chi connectivity index (χ2v) is 3.24. The average Bonchev–Trinajstić information content (AvgIpc) is 2.73. The van der Waals surface area contributed by atoms with Gasteiger partial charge < -0.3 is 5.32 Å². The van der Waals surface area contributed by atoms with Gasteiger partial charge in [0.15, 0.2) is 5.82 Å². The number of aromatic nitrogens is 4. The standard InChI is InChI=1S/C10H10N6/c1-16-14-10(13-15-16)7-12-9-4-2-3-8(5-9)6-11/h2-5,12H,7H2,1H3. The summed E-state index contributed by atoms with van der Waals surface area (Å²) in [5.41, 5.74) is 1.49. The topological polar surface area (TPSA) is 79.4 Å². The summed E-state index contributed by atoms with van der Waals surface area (Å²) in [5.74, 6) is 0.616. The summed E-state index contributed by atoms with van der Waals surface area (Å²) in [5, 5.41) is 23.5. The molecule has 16 heavy (non-hydrogen) atoms. The molecule has 0 saturated carbocycles. The van der Waals surface area contributed by atoms with Crippen molar-refractivity contribution in [2.75, 3.05) is 5.32 Å². The van der Waals surface area contributed by atoms with E-state index in [0.29, 0.717) is 17.9 Å². The van der Waals surface area contributed by atoms with Gasteiger partial charge in [0.1, 0.15) is 0 Å². The van der Waals surface area contributed by atoms with Crippen molar-refractivity contribution in [3.8, 4) is 6.07 Å². The fourth-order valence-corrected chi connectivity index (χ4v) is 1.27. The lowest BCUT2D eigenvalue weighted by atomic mass is 10.2. The second-order valence-electron chi connectivity index (χ2n) is 3.24. The van der Waals surface area contributed by atoms with Crippen molar-refractivity contribution in [2.24, 2.45) is 7.05 Å². The molecule has 0 aliphatic rings. The molecule has 0 aliphatic carbocycles. The molecule has 1 aromatic carbocycles. The van der Waals surface area contributed by atoms with Crippen molar-refractivity contribution >= 4 is 5.69 Å². The molecule has 6 nitrogen and oxygen atoms in total. The smallest absolute Gasteiger partial charge is 0.193 e. The van der Waals surface area contributed by atoms with Gasteiger partial charge in [0.2, 0.25) is 0 Å². The summed E-state index contributed by atoms with van der Waals surface area (Å²) < 4.78 is 0. The molecule has 2 aromatic rings. The van der Waals surface area contributed by atoms with Gasteiger partial charge in [0.05, 0.1) is 25.2 Å². The van der Waals surface area contributed by atoms with Gasteiger partial charge in [0.25, 0.3) is 0 Å². The Balaban J connectivity index is 2.02. The first-order valence-corrected chi connectivity index (χ1v) is 4.75. The van der Waals surface area contributed by atoms with Gasteiger partial charge in [-0.05, 0) is 23.4 Å². The van der Waals surface area contributed by atoms with Crippen LogP contribution in [-0.2, 0) is 13.6 Å². The Bertz CT molecular complexity index is 524. The van der Waals surface area contributed by atoms with Gasteiger partial charge in [-0.1, -0.05) is 6.07 Å². The van der Waals surface area contributed by atoms with Gasteiger partial charge in [-0.25, -0.2) is 0 Å². The van der Waals surface area contributed by atoms with Crippen molar-refractivity contribution in [3.63, 3.8) is 0 Å². The largest absolute Gasteiger partial charge is 0.378 e. The zero-order chi connectivity index (χ0) is 11.4. The number of tetrazole rings is 1. The number of anilines is 1. The van der Waals surface area contributed by atoms with Crippen LogP contribution in [0.1, 0.15) is 11.4 Å². The first-order chi connectivity index (χ1) is 7.78. The van der Waals surface area contributed by atoms with E-state index in [-0.39, 0.29) is 0 Å². The highest BCUT2D eigenvalue weighted by Gasteiger charge is 2.00. The molecule has 0 fully saturated rings. The van der Waals surface area contributed by atoms with Crippen molar-refractivity contribution < 1.29 is 0 Å². The molecule has 1 heterocycles. The van der Waals surface area contributed by atoms with E-state index in [4.69, 9.17) is 5.26 Å². The number of hydrogen-bond acceptors (Lipinski definition) is 5. The van der Waals surface area contributed by atoms with Crippen LogP contribution in [0, 0.1) is 11.3 Å². The van der Waals surface area contributed by atoms with Crippen LogP contribution in [0.2, 0.25) is 0 Å². The first kappa shape index (κ1) is 10.1. The van der Waals surface area contributed by atoms with E-state index in [1.165, 1.54) is 4.80 Å². The quantitative estimate of drug-likeness (QED) is 0.813. The Morgan fingerprint density at radius 3 is 3.06 bits per heavy atom. The third-order valence-corrected chi connectivity index (χ3v) is 1.99. The first-order valence-electron chi connectivity index (χ1n) is 4.75. The van der Waals surface area contributed by atoms with E-state index in [2.05, 4.69) is 26.8 Å². The Kier molecular flexibility index (Phi) is 2.78. The van der Waals surface area contributed by atoms with Crippen LogP contribution in [0.5, 0.6) is 0 Å². The average molecular weight is 214 g/mol. The maximum Gasteiger partial charge on any atom is 0.193 e. The van der Waals surface area contributed by atoms with E-state index in [1.807, 2.05) is 12.1 Å². The zero-order valence-corrected chi connectivity index (χ0v) is 8.75. The second kappa shape index (κ2) is 4.40. The van der Waals surface area contributed by atoms with Crippen LogP contribution in [0.25, 0.3) is 0 Å². The molecule has 2 rings (SSSR count). The third kappa shape index (κ3) is 2.33. The van der Waals surface area contributed by atoms with Crippen LogP contribution >= 0.6 is 0 Å². The van der Waals surface area contributed by atoms with Crippen LogP contribution in [-0.4, -0.2) is 20.2 Å². The molecule has 0 unspecified atom stereocenters. The number of nitrogens with zero attached hydrogens (tertiary/aromatic N) is 5. The molecule has 0 aliphatic heterocycles. The van der Waals surface area contributed by atoms with E-state index < -0.39 is 0 Å². The summed E-state index contributed by atoms with van der Waals surface area (Å²) >= 11 is 0. The van der Waals surface area contributed by atoms with Crippen molar-refractivity contribution in [3.05, 3.63) is 35.7 Å². The highest BCUT2D eigenvalue weighted by molar-refractivity contribution is 5.48. The molecule has 1 N–H and O–H groups in total. The van der Waals surface area contributed by atoms with Gasteiger partial charge in [-0.2, -0.15) is 10.1 Å².